The van der Waals surface area contributed by atoms with E-state index in [0.29, 0.717) is 23.0 Å². The Morgan fingerprint density at radius 3 is 2.81 bits per heavy atom. The molecule has 0 bridgehead atoms. The van der Waals surface area contributed by atoms with E-state index >= 15 is 0 Å². The summed E-state index contributed by atoms with van der Waals surface area (Å²) < 4.78 is 5.14. The van der Waals surface area contributed by atoms with Crippen LogP contribution in [0.4, 0.5) is 5.95 Å². The normalized spacial score (nSPS) is 15.6. The monoisotopic (exact) mass is 285 g/mol. The van der Waals surface area contributed by atoms with E-state index in [4.69, 9.17) is 0 Å². The Morgan fingerprint density at radius 2 is 2.10 bits per heavy atom. The number of anilines is 1. The van der Waals surface area contributed by atoms with Gasteiger partial charge >= 0.3 is 0 Å². The number of fused-ring (bicyclic) bond motifs is 1. The first-order valence-corrected chi connectivity index (χ1v) is 6.78. The number of aromatic nitrogens is 6. The van der Waals surface area contributed by atoms with Gasteiger partial charge in [-0.15, -0.1) is 0 Å². The molecule has 1 aliphatic heterocycles. The van der Waals surface area contributed by atoms with E-state index in [9.17, 15) is 4.79 Å². The van der Waals surface area contributed by atoms with Crippen molar-refractivity contribution in [3.63, 3.8) is 0 Å². The van der Waals surface area contributed by atoms with Crippen LogP contribution >= 0.6 is 0 Å². The Labute approximate surface area is 120 Å². The number of aryl methyl sites for hydroxylation is 1. The Balaban J connectivity index is 1.69. The average Bonchev–Trinajstić information content (AvgIpc) is 3.03. The molecular formula is C13H15N7O. The highest BCUT2D eigenvalue weighted by Crippen LogP contribution is 2.25. The molecule has 3 aromatic heterocycles. The van der Waals surface area contributed by atoms with Crippen molar-refractivity contribution in [2.45, 2.75) is 6.04 Å². The third kappa shape index (κ3) is 1.75. The van der Waals surface area contributed by atoms with E-state index < -0.39 is 0 Å². The van der Waals surface area contributed by atoms with Crippen molar-refractivity contribution in [3.05, 3.63) is 35.0 Å². The molecule has 108 valence electrons. The van der Waals surface area contributed by atoms with Crippen molar-refractivity contribution in [2.24, 2.45) is 14.1 Å². The van der Waals surface area contributed by atoms with Crippen molar-refractivity contribution in [2.75, 3.05) is 18.0 Å². The summed E-state index contributed by atoms with van der Waals surface area (Å²) in [6.07, 6.45) is 5.43. The largest absolute Gasteiger partial charge is 0.338 e. The zero-order chi connectivity index (χ0) is 14.6. The molecule has 0 N–H and O–H groups in total. The van der Waals surface area contributed by atoms with Crippen molar-refractivity contribution in [1.82, 2.24) is 29.1 Å². The van der Waals surface area contributed by atoms with Gasteiger partial charge in [0.05, 0.1) is 6.04 Å². The lowest BCUT2D eigenvalue weighted by Crippen LogP contribution is -2.50. The molecule has 0 atom stereocenters. The number of nitrogens with zero attached hydrogens (tertiary/aromatic N) is 7. The van der Waals surface area contributed by atoms with E-state index in [0.717, 1.165) is 13.1 Å². The molecule has 4 rings (SSSR count). The standard InChI is InChI=1S/C13H15N7O/c1-17-8-10-11(16-17)15-13(18(2)12(10)21)19-6-9(7-19)20-5-3-4-14-20/h3-5,8-9H,6-7H2,1-2H3. The zero-order valence-corrected chi connectivity index (χ0v) is 11.8. The minimum atomic E-state index is -0.0642. The third-order valence-corrected chi connectivity index (χ3v) is 3.89. The summed E-state index contributed by atoms with van der Waals surface area (Å²) in [7, 11) is 3.54. The highest BCUT2D eigenvalue weighted by molar-refractivity contribution is 5.74. The van der Waals surface area contributed by atoms with Crippen molar-refractivity contribution in [3.8, 4) is 0 Å². The van der Waals surface area contributed by atoms with Crippen LogP contribution in [0.15, 0.2) is 29.5 Å². The van der Waals surface area contributed by atoms with Crippen LogP contribution in [0.2, 0.25) is 0 Å². The Hall–Kier alpha value is -2.64. The van der Waals surface area contributed by atoms with E-state index in [1.165, 1.54) is 0 Å². The fraction of sp³-hybridized carbons (Fsp3) is 0.385. The highest BCUT2D eigenvalue weighted by Gasteiger charge is 2.31. The van der Waals surface area contributed by atoms with Gasteiger partial charge in [0.2, 0.25) is 5.95 Å². The van der Waals surface area contributed by atoms with Gasteiger partial charge in [0.1, 0.15) is 5.39 Å². The smallest absolute Gasteiger partial charge is 0.265 e. The van der Waals surface area contributed by atoms with Gasteiger partial charge in [-0.3, -0.25) is 18.7 Å². The first-order valence-electron chi connectivity index (χ1n) is 6.78. The summed E-state index contributed by atoms with van der Waals surface area (Å²) in [6.45, 7) is 1.58. The van der Waals surface area contributed by atoms with E-state index in [1.54, 1.807) is 35.7 Å². The van der Waals surface area contributed by atoms with Crippen molar-refractivity contribution >= 4 is 17.0 Å². The molecule has 1 fully saturated rings. The predicted molar refractivity (Wildman–Crippen MR) is 77.2 cm³/mol. The third-order valence-electron chi connectivity index (χ3n) is 3.89. The van der Waals surface area contributed by atoms with Crippen LogP contribution in [0, 0.1) is 0 Å². The van der Waals surface area contributed by atoms with Crippen LogP contribution in [0.1, 0.15) is 6.04 Å². The number of rotatable bonds is 2. The molecule has 0 unspecified atom stereocenters. The molecule has 0 radical (unpaired) electrons. The lowest BCUT2D eigenvalue weighted by molar-refractivity contribution is 0.360. The van der Waals surface area contributed by atoms with Gasteiger partial charge < -0.3 is 4.90 Å². The molecule has 0 aliphatic carbocycles. The maximum Gasteiger partial charge on any atom is 0.265 e. The van der Waals surface area contributed by atoms with E-state index in [-0.39, 0.29) is 5.56 Å². The summed E-state index contributed by atoms with van der Waals surface area (Å²) >= 11 is 0. The van der Waals surface area contributed by atoms with Crippen LogP contribution < -0.4 is 10.5 Å². The minimum absolute atomic E-state index is 0.0642. The van der Waals surface area contributed by atoms with Gasteiger partial charge in [0.15, 0.2) is 5.65 Å². The molecule has 1 aliphatic rings. The fourth-order valence-electron chi connectivity index (χ4n) is 2.72. The molecule has 0 spiro atoms. The zero-order valence-electron chi connectivity index (χ0n) is 11.8. The van der Waals surface area contributed by atoms with Crippen LogP contribution in [0.5, 0.6) is 0 Å². The summed E-state index contributed by atoms with van der Waals surface area (Å²) in [6, 6.07) is 2.24. The quantitative estimate of drug-likeness (QED) is 0.658. The van der Waals surface area contributed by atoms with E-state index in [2.05, 4.69) is 20.1 Å². The van der Waals surface area contributed by atoms with Gasteiger partial charge in [-0.2, -0.15) is 15.2 Å². The van der Waals surface area contributed by atoms with Gasteiger partial charge in [-0.25, -0.2) is 0 Å². The van der Waals surface area contributed by atoms with Crippen LogP contribution in [-0.2, 0) is 14.1 Å². The lowest BCUT2D eigenvalue weighted by Gasteiger charge is -2.40. The summed E-state index contributed by atoms with van der Waals surface area (Å²) in [5, 5.41) is 9.03. The Kier molecular flexibility index (Phi) is 2.41. The maximum atomic E-state index is 12.3. The van der Waals surface area contributed by atoms with Crippen molar-refractivity contribution < 1.29 is 0 Å². The highest BCUT2D eigenvalue weighted by atomic mass is 16.1. The summed E-state index contributed by atoms with van der Waals surface area (Å²) in [5.74, 6) is 0.662. The van der Waals surface area contributed by atoms with Gasteiger partial charge in [-0.1, -0.05) is 0 Å². The Morgan fingerprint density at radius 1 is 1.29 bits per heavy atom. The fourth-order valence-corrected chi connectivity index (χ4v) is 2.72. The maximum absolute atomic E-state index is 12.3. The van der Waals surface area contributed by atoms with E-state index in [1.807, 2.05) is 16.9 Å². The first kappa shape index (κ1) is 12.1. The topological polar surface area (TPSA) is 73.8 Å². The van der Waals surface area contributed by atoms with Gasteiger partial charge in [0, 0.05) is 45.8 Å². The molecule has 21 heavy (non-hydrogen) atoms. The van der Waals surface area contributed by atoms with Crippen molar-refractivity contribution in [1.29, 1.82) is 0 Å². The number of hydrogen-bond donors (Lipinski definition) is 0. The van der Waals surface area contributed by atoms with Crippen LogP contribution in [0.25, 0.3) is 11.0 Å². The molecule has 0 saturated carbocycles. The first-order chi connectivity index (χ1) is 10.1. The molecule has 3 aromatic rings. The Bertz CT molecular complexity index is 855. The van der Waals surface area contributed by atoms with Crippen LogP contribution in [0.3, 0.4) is 0 Å². The SMILES string of the molecule is Cn1cc2c(=O)n(C)c(N3CC(n4cccn4)C3)nc2n1. The van der Waals surface area contributed by atoms with Crippen LogP contribution in [-0.4, -0.2) is 42.2 Å². The second kappa shape index (κ2) is 4.18. The molecule has 4 heterocycles. The molecule has 0 aromatic carbocycles. The second-order valence-electron chi connectivity index (χ2n) is 5.36. The van der Waals surface area contributed by atoms with Gasteiger partial charge in [0.25, 0.3) is 5.56 Å². The average molecular weight is 285 g/mol. The molecule has 0 amide bonds. The molecule has 1 saturated heterocycles. The lowest BCUT2D eigenvalue weighted by atomic mass is 10.1. The minimum Gasteiger partial charge on any atom is -0.338 e. The summed E-state index contributed by atoms with van der Waals surface area (Å²) in [5.41, 5.74) is 0.434. The second-order valence-corrected chi connectivity index (χ2v) is 5.36. The molecule has 8 heteroatoms. The van der Waals surface area contributed by atoms with Gasteiger partial charge in [-0.05, 0) is 6.07 Å². The molecule has 8 nitrogen and oxygen atoms in total. The summed E-state index contributed by atoms with van der Waals surface area (Å²) in [4.78, 5) is 18.9. The predicted octanol–water partition coefficient (Wildman–Crippen LogP) is -0.0752. The number of hydrogen-bond acceptors (Lipinski definition) is 5. The molecular weight excluding hydrogens is 270 g/mol.